The van der Waals surface area contributed by atoms with E-state index in [4.69, 9.17) is 11.5 Å². The average molecular weight is 196 g/mol. The van der Waals surface area contributed by atoms with Crippen molar-refractivity contribution in [3.05, 3.63) is 0 Å². The minimum Gasteiger partial charge on any atom is -0.452 e. The van der Waals surface area contributed by atoms with E-state index in [0.29, 0.717) is 13.0 Å². The fraction of sp³-hybridized carbons (Fsp3) is 0.800. The van der Waals surface area contributed by atoms with Crippen molar-refractivity contribution < 1.29 is 9.53 Å². The number of ether oxygens (including phenoxy) is 1. The number of carbonyl (C=O) groups excluding carboxylic acids is 1. The van der Waals surface area contributed by atoms with Gasteiger partial charge in [-0.1, -0.05) is 0 Å². The van der Waals surface area contributed by atoms with Crippen LogP contribution in [0.5, 0.6) is 0 Å². The fourth-order valence-corrected chi connectivity index (χ4v) is 1.53. The lowest BCUT2D eigenvalue weighted by Gasteiger charge is -2.15. The molecule has 0 amide bonds. The predicted molar refractivity (Wildman–Crippen MR) is 49.4 cm³/mol. The van der Waals surface area contributed by atoms with Gasteiger partial charge in [0.2, 0.25) is 0 Å². The molecule has 2 atom stereocenters. The van der Waals surface area contributed by atoms with Gasteiger partial charge in [0.15, 0.2) is 5.44 Å². The number of hydrogen-bond acceptors (Lipinski definition) is 6. The summed E-state index contributed by atoms with van der Waals surface area (Å²) in [6, 6.07) is 0. The van der Waals surface area contributed by atoms with E-state index < -0.39 is 0 Å². The average Bonchev–Trinajstić information content (AvgIpc) is 2.03. The van der Waals surface area contributed by atoms with Crippen LogP contribution < -0.4 is 11.5 Å². The van der Waals surface area contributed by atoms with Gasteiger partial charge in [0.05, 0.1) is 4.58 Å². The molecule has 0 aromatic rings. The fourth-order valence-electron chi connectivity index (χ4n) is 0.436. The van der Waals surface area contributed by atoms with E-state index in [1.807, 2.05) is 0 Å². The molecule has 0 aliphatic rings. The molecule has 4 nitrogen and oxygen atoms in total. The summed E-state index contributed by atoms with van der Waals surface area (Å²) < 4.78 is 4.58. The van der Waals surface area contributed by atoms with E-state index in [1.54, 1.807) is 0 Å². The van der Waals surface area contributed by atoms with Gasteiger partial charge in [-0.05, 0) is 0 Å². The number of thiol groups is 1. The van der Waals surface area contributed by atoms with Crippen molar-refractivity contribution in [2.24, 2.45) is 11.5 Å². The molecule has 11 heavy (non-hydrogen) atoms. The molecule has 0 aliphatic carbocycles. The first kappa shape index (κ1) is 11.1. The first-order valence-electron chi connectivity index (χ1n) is 3.07. The molecule has 0 radical (unpaired) electrons. The molecule has 0 fully saturated rings. The summed E-state index contributed by atoms with van der Waals surface area (Å²) in [7, 11) is 0. The maximum absolute atomic E-state index is 9.90. The molecule has 0 heterocycles. The van der Waals surface area contributed by atoms with Gasteiger partial charge in [0, 0.05) is 13.1 Å². The Morgan fingerprint density at radius 2 is 2.18 bits per heavy atom. The molecular weight excluding hydrogens is 184 g/mol. The van der Waals surface area contributed by atoms with Crippen molar-refractivity contribution in [1.29, 1.82) is 0 Å². The van der Waals surface area contributed by atoms with Gasteiger partial charge in [0.25, 0.3) is 6.47 Å². The van der Waals surface area contributed by atoms with Gasteiger partial charge in [-0.15, -0.1) is 11.8 Å². The molecule has 0 aromatic heterocycles. The second kappa shape index (κ2) is 6.78. The van der Waals surface area contributed by atoms with Crippen LogP contribution in [0, 0.1) is 0 Å². The van der Waals surface area contributed by atoms with Gasteiger partial charge in [0.1, 0.15) is 0 Å². The van der Waals surface area contributed by atoms with Gasteiger partial charge in [-0.3, -0.25) is 4.79 Å². The maximum Gasteiger partial charge on any atom is 0.294 e. The topological polar surface area (TPSA) is 78.3 Å². The van der Waals surface area contributed by atoms with E-state index >= 15 is 0 Å². The van der Waals surface area contributed by atoms with Crippen LogP contribution in [-0.2, 0) is 9.53 Å². The maximum atomic E-state index is 9.90. The lowest BCUT2D eigenvalue weighted by molar-refractivity contribution is -0.129. The van der Waals surface area contributed by atoms with E-state index in [-0.39, 0.29) is 16.6 Å². The molecule has 2 unspecified atom stereocenters. The predicted octanol–water partition coefficient (Wildman–Crippen LogP) is -0.608. The first-order valence-corrected chi connectivity index (χ1v) is 4.53. The Morgan fingerprint density at radius 3 is 2.55 bits per heavy atom. The van der Waals surface area contributed by atoms with Gasteiger partial charge < -0.3 is 16.2 Å². The Kier molecular flexibility index (Phi) is 6.83. The SMILES string of the molecule is NCC(S)SC(CN)OC=O. The van der Waals surface area contributed by atoms with Gasteiger partial charge >= 0.3 is 0 Å². The Bertz CT molecular complexity index is 115. The van der Waals surface area contributed by atoms with Crippen molar-refractivity contribution in [2.45, 2.75) is 10.0 Å². The van der Waals surface area contributed by atoms with Crippen molar-refractivity contribution in [2.75, 3.05) is 13.1 Å². The highest BCUT2D eigenvalue weighted by atomic mass is 32.2. The smallest absolute Gasteiger partial charge is 0.294 e. The number of hydrogen-bond donors (Lipinski definition) is 3. The number of rotatable bonds is 6. The zero-order valence-electron chi connectivity index (χ0n) is 5.97. The molecule has 0 saturated carbocycles. The second-order valence-electron chi connectivity index (χ2n) is 1.72. The molecule has 0 aliphatic heterocycles. The minimum absolute atomic E-state index is 0.0384. The Labute approximate surface area is 75.4 Å². The summed E-state index contributed by atoms with van der Waals surface area (Å²) >= 11 is 5.43. The lowest BCUT2D eigenvalue weighted by Crippen LogP contribution is -2.24. The summed E-state index contributed by atoms with van der Waals surface area (Å²) in [5.74, 6) is 0. The third kappa shape index (κ3) is 5.37. The Morgan fingerprint density at radius 1 is 1.55 bits per heavy atom. The molecular formula is C5H12N2O2S2. The number of nitrogens with two attached hydrogens (primary N) is 2. The Balaban J connectivity index is 3.57. The summed E-state index contributed by atoms with van der Waals surface area (Å²) in [6.45, 7) is 1.08. The summed E-state index contributed by atoms with van der Waals surface area (Å²) in [5.41, 5.74) is 10.2. The minimum atomic E-state index is -0.335. The van der Waals surface area contributed by atoms with E-state index in [0.717, 1.165) is 0 Å². The van der Waals surface area contributed by atoms with Gasteiger partial charge in [-0.2, -0.15) is 12.6 Å². The van der Waals surface area contributed by atoms with Gasteiger partial charge in [-0.25, -0.2) is 0 Å². The first-order chi connectivity index (χ1) is 5.24. The molecule has 4 N–H and O–H groups in total. The normalized spacial score (nSPS) is 15.5. The van der Waals surface area contributed by atoms with E-state index in [9.17, 15) is 4.79 Å². The molecule has 0 rings (SSSR count). The molecule has 0 aromatic carbocycles. The molecule has 66 valence electrons. The summed E-state index contributed by atoms with van der Waals surface area (Å²) in [4.78, 5) is 9.90. The zero-order chi connectivity index (χ0) is 8.69. The summed E-state index contributed by atoms with van der Waals surface area (Å²) in [6.07, 6.45) is 0. The monoisotopic (exact) mass is 196 g/mol. The van der Waals surface area contributed by atoms with Crippen LogP contribution >= 0.6 is 24.4 Å². The molecule has 0 spiro atoms. The third-order valence-electron chi connectivity index (χ3n) is 0.910. The highest BCUT2D eigenvalue weighted by Crippen LogP contribution is 2.19. The van der Waals surface area contributed by atoms with E-state index in [1.165, 1.54) is 11.8 Å². The van der Waals surface area contributed by atoms with Crippen LogP contribution in [0.3, 0.4) is 0 Å². The Hall–Kier alpha value is 0.0900. The third-order valence-corrected chi connectivity index (χ3v) is 2.60. The van der Waals surface area contributed by atoms with Crippen molar-refractivity contribution in [3.63, 3.8) is 0 Å². The van der Waals surface area contributed by atoms with Crippen molar-refractivity contribution in [1.82, 2.24) is 0 Å². The van der Waals surface area contributed by atoms with Crippen LogP contribution in [0.2, 0.25) is 0 Å². The lowest BCUT2D eigenvalue weighted by atomic mass is 10.7. The second-order valence-corrected chi connectivity index (χ2v) is 4.06. The van der Waals surface area contributed by atoms with Crippen LogP contribution in [0.4, 0.5) is 0 Å². The number of thioether (sulfide) groups is 1. The zero-order valence-corrected chi connectivity index (χ0v) is 7.68. The summed E-state index contributed by atoms with van der Waals surface area (Å²) in [5, 5.41) is 0. The largest absolute Gasteiger partial charge is 0.452 e. The van der Waals surface area contributed by atoms with Crippen molar-refractivity contribution in [3.8, 4) is 0 Å². The van der Waals surface area contributed by atoms with Crippen LogP contribution in [0.25, 0.3) is 0 Å². The van der Waals surface area contributed by atoms with E-state index in [2.05, 4.69) is 17.4 Å². The highest BCUT2D eigenvalue weighted by Gasteiger charge is 2.11. The quantitative estimate of drug-likeness (QED) is 0.300. The van der Waals surface area contributed by atoms with Crippen molar-refractivity contribution >= 4 is 30.9 Å². The molecule has 0 saturated heterocycles. The highest BCUT2D eigenvalue weighted by molar-refractivity contribution is 8.10. The standard InChI is InChI=1S/C5H12N2O2S2/c6-1-4(9-3-8)11-5(10)2-7/h3-5,10H,1-2,6-7H2. The number of carbonyl (C=O) groups is 1. The molecule has 0 bridgehead atoms. The van der Waals surface area contributed by atoms with Crippen LogP contribution in [0.15, 0.2) is 0 Å². The molecule has 6 heteroatoms. The van der Waals surface area contributed by atoms with Crippen LogP contribution in [-0.4, -0.2) is 29.6 Å². The van der Waals surface area contributed by atoms with Crippen LogP contribution in [0.1, 0.15) is 0 Å².